The highest BCUT2D eigenvalue weighted by Gasteiger charge is 2.19. The van der Waals surface area contributed by atoms with Crippen LogP contribution in [0.15, 0.2) is 115 Å². The monoisotopic (exact) mass is 446 g/mol. The minimum absolute atomic E-state index is 1.19. The number of aryl methyl sites for hydroxylation is 1. The molecule has 2 aromatic heterocycles. The largest absolute Gasteiger partial charge is 0.343 e. The molecule has 0 aliphatic carbocycles. The lowest BCUT2D eigenvalue weighted by molar-refractivity contribution is 1.02. The highest BCUT2D eigenvalue weighted by atomic mass is 15.0. The molecular formula is C33H22N2. The molecular weight excluding hydrogens is 424 g/mol. The summed E-state index contributed by atoms with van der Waals surface area (Å²) in [6.45, 7) is 0. The Morgan fingerprint density at radius 2 is 1.14 bits per heavy atom. The summed E-state index contributed by atoms with van der Waals surface area (Å²) in [5, 5.41) is 10.4. The number of hydrogen-bond donors (Lipinski definition) is 0. The second kappa shape index (κ2) is 6.74. The third-order valence-electron chi connectivity index (χ3n) is 7.68. The highest BCUT2D eigenvalue weighted by Crippen LogP contribution is 2.42. The molecule has 0 bridgehead atoms. The van der Waals surface area contributed by atoms with Gasteiger partial charge in [0.1, 0.15) is 0 Å². The van der Waals surface area contributed by atoms with Gasteiger partial charge >= 0.3 is 0 Å². The molecule has 0 aliphatic heterocycles. The van der Waals surface area contributed by atoms with E-state index in [1.54, 1.807) is 0 Å². The average Bonchev–Trinajstić information content (AvgIpc) is 3.40. The molecule has 0 saturated carbocycles. The van der Waals surface area contributed by atoms with Gasteiger partial charge in [0.25, 0.3) is 0 Å². The maximum atomic E-state index is 2.42. The Balaban J connectivity index is 1.58. The van der Waals surface area contributed by atoms with Gasteiger partial charge in [0.05, 0.1) is 16.6 Å². The highest BCUT2D eigenvalue weighted by molar-refractivity contribution is 6.29. The first-order chi connectivity index (χ1) is 17.3. The molecule has 8 rings (SSSR count). The molecule has 35 heavy (non-hydrogen) atoms. The zero-order valence-electron chi connectivity index (χ0n) is 19.4. The van der Waals surface area contributed by atoms with Crippen molar-refractivity contribution in [3.8, 4) is 5.69 Å². The lowest BCUT2D eigenvalue weighted by Gasteiger charge is -2.09. The molecule has 6 aromatic carbocycles. The van der Waals surface area contributed by atoms with Crippen molar-refractivity contribution in [1.82, 2.24) is 9.13 Å². The van der Waals surface area contributed by atoms with Crippen LogP contribution in [0.25, 0.3) is 70.8 Å². The second-order valence-electron chi connectivity index (χ2n) is 9.48. The molecule has 0 radical (unpaired) electrons. The molecule has 0 aliphatic rings. The summed E-state index contributed by atoms with van der Waals surface area (Å²) in [5.41, 5.74) is 6.24. The van der Waals surface area contributed by atoms with Gasteiger partial charge in [-0.05, 0) is 51.9 Å². The topological polar surface area (TPSA) is 9.86 Å². The van der Waals surface area contributed by atoms with E-state index in [0.717, 1.165) is 0 Å². The Kier molecular flexibility index (Phi) is 3.62. The van der Waals surface area contributed by atoms with Crippen molar-refractivity contribution < 1.29 is 0 Å². The van der Waals surface area contributed by atoms with E-state index >= 15 is 0 Å². The number of fused-ring (bicyclic) bond motifs is 10. The lowest BCUT2D eigenvalue weighted by atomic mass is 10.0. The number of rotatable bonds is 1. The number of para-hydroxylation sites is 1. The van der Waals surface area contributed by atoms with Crippen molar-refractivity contribution >= 4 is 65.2 Å². The minimum Gasteiger partial charge on any atom is -0.343 e. The van der Waals surface area contributed by atoms with Crippen LogP contribution in [0.5, 0.6) is 0 Å². The van der Waals surface area contributed by atoms with E-state index < -0.39 is 0 Å². The molecule has 0 spiro atoms. The molecule has 0 unspecified atom stereocenters. The van der Waals surface area contributed by atoms with Crippen LogP contribution < -0.4 is 0 Å². The van der Waals surface area contributed by atoms with Crippen LogP contribution >= 0.6 is 0 Å². The Morgan fingerprint density at radius 1 is 0.457 bits per heavy atom. The van der Waals surface area contributed by atoms with Crippen LogP contribution in [0.3, 0.4) is 0 Å². The summed E-state index contributed by atoms with van der Waals surface area (Å²) >= 11 is 0. The summed E-state index contributed by atoms with van der Waals surface area (Å²) in [7, 11) is 2.21. The molecule has 0 fully saturated rings. The van der Waals surface area contributed by atoms with Gasteiger partial charge in [-0.3, -0.25) is 0 Å². The van der Waals surface area contributed by atoms with Crippen LogP contribution in [0.1, 0.15) is 0 Å². The van der Waals surface area contributed by atoms with Crippen molar-refractivity contribution in [3.63, 3.8) is 0 Å². The predicted molar refractivity (Wildman–Crippen MR) is 150 cm³/mol. The van der Waals surface area contributed by atoms with Gasteiger partial charge in [-0.25, -0.2) is 0 Å². The van der Waals surface area contributed by atoms with Crippen molar-refractivity contribution in [2.75, 3.05) is 0 Å². The maximum Gasteiger partial charge on any atom is 0.0590 e. The van der Waals surface area contributed by atoms with E-state index in [0.29, 0.717) is 0 Å². The number of nitrogens with zero attached hydrogens (tertiary/aromatic N) is 2. The smallest absolute Gasteiger partial charge is 0.0590 e. The van der Waals surface area contributed by atoms with Crippen molar-refractivity contribution in [1.29, 1.82) is 0 Å². The zero-order valence-corrected chi connectivity index (χ0v) is 19.4. The van der Waals surface area contributed by atoms with Crippen LogP contribution in [-0.2, 0) is 7.05 Å². The molecule has 0 N–H and O–H groups in total. The number of aromatic nitrogens is 2. The standard InChI is InChI=1S/C33H22N2/c1-34-29-18-15-22-9-4-5-11-25(22)31(29)27-17-19-30-32(33(27)34)26-12-6-7-13-28(26)35(30)24-16-14-21-8-2-3-10-23(21)20-24/h2-20H,1H3. The van der Waals surface area contributed by atoms with Gasteiger partial charge in [-0.15, -0.1) is 0 Å². The Bertz CT molecular complexity index is 2120. The molecule has 2 heterocycles. The van der Waals surface area contributed by atoms with Gasteiger partial charge in [-0.1, -0.05) is 84.9 Å². The molecule has 164 valence electrons. The molecule has 2 nitrogen and oxygen atoms in total. The molecule has 0 amide bonds. The van der Waals surface area contributed by atoms with Gasteiger partial charge < -0.3 is 9.13 Å². The number of hydrogen-bond acceptors (Lipinski definition) is 0. The molecule has 0 atom stereocenters. The van der Waals surface area contributed by atoms with Crippen LogP contribution in [0.2, 0.25) is 0 Å². The zero-order chi connectivity index (χ0) is 23.1. The third-order valence-corrected chi connectivity index (χ3v) is 7.68. The number of benzene rings is 6. The Labute approximate surface area is 202 Å². The summed E-state index contributed by atoms with van der Waals surface area (Å²) < 4.78 is 4.81. The average molecular weight is 447 g/mol. The van der Waals surface area contributed by atoms with Crippen molar-refractivity contribution in [3.05, 3.63) is 115 Å². The van der Waals surface area contributed by atoms with Crippen LogP contribution in [0, 0.1) is 0 Å². The van der Waals surface area contributed by atoms with Crippen molar-refractivity contribution in [2.45, 2.75) is 0 Å². The van der Waals surface area contributed by atoms with E-state index in [1.165, 1.54) is 70.8 Å². The second-order valence-corrected chi connectivity index (χ2v) is 9.48. The summed E-state index contributed by atoms with van der Waals surface area (Å²) in [5.74, 6) is 0. The molecule has 8 aromatic rings. The lowest BCUT2D eigenvalue weighted by Crippen LogP contribution is -1.94. The predicted octanol–water partition coefficient (Wildman–Crippen LogP) is 8.74. The van der Waals surface area contributed by atoms with E-state index in [9.17, 15) is 0 Å². The normalized spacial score (nSPS) is 12.1. The van der Waals surface area contributed by atoms with E-state index in [4.69, 9.17) is 0 Å². The fraction of sp³-hybridized carbons (Fsp3) is 0.0303. The van der Waals surface area contributed by atoms with Crippen LogP contribution in [-0.4, -0.2) is 9.13 Å². The van der Waals surface area contributed by atoms with Crippen LogP contribution in [0.4, 0.5) is 0 Å². The SMILES string of the molecule is Cn1c2ccc3ccccc3c2c2ccc3c(c4ccccc4n3-c3ccc4ccccc4c3)c21. The van der Waals surface area contributed by atoms with E-state index in [1.807, 2.05) is 0 Å². The van der Waals surface area contributed by atoms with E-state index in [-0.39, 0.29) is 0 Å². The van der Waals surface area contributed by atoms with Crippen molar-refractivity contribution in [2.24, 2.45) is 7.05 Å². The summed E-state index contributed by atoms with van der Waals surface area (Å²) in [4.78, 5) is 0. The molecule has 2 heteroatoms. The summed E-state index contributed by atoms with van der Waals surface area (Å²) in [6.07, 6.45) is 0. The quantitative estimate of drug-likeness (QED) is 0.239. The first-order valence-electron chi connectivity index (χ1n) is 12.1. The van der Waals surface area contributed by atoms with Gasteiger partial charge in [-0.2, -0.15) is 0 Å². The summed E-state index contributed by atoms with van der Waals surface area (Å²) in [6, 6.07) is 42.0. The third kappa shape index (κ3) is 2.43. The first-order valence-corrected chi connectivity index (χ1v) is 12.1. The minimum atomic E-state index is 1.19. The van der Waals surface area contributed by atoms with E-state index in [2.05, 4.69) is 131 Å². The Morgan fingerprint density at radius 3 is 2.03 bits per heavy atom. The van der Waals surface area contributed by atoms with Gasteiger partial charge in [0.15, 0.2) is 0 Å². The fourth-order valence-corrected chi connectivity index (χ4v) is 6.13. The Hall–Kier alpha value is -4.56. The fourth-order valence-electron chi connectivity index (χ4n) is 6.13. The van der Waals surface area contributed by atoms with Gasteiger partial charge in [0, 0.05) is 39.8 Å². The molecule has 0 saturated heterocycles. The first kappa shape index (κ1) is 18.8. The maximum absolute atomic E-state index is 2.42. The van der Waals surface area contributed by atoms with Gasteiger partial charge in [0.2, 0.25) is 0 Å².